The third kappa shape index (κ3) is 7.55. The second kappa shape index (κ2) is 15.2. The Hall–Kier alpha value is -2.18. The fourth-order valence-corrected chi connectivity index (χ4v) is 6.81. The molecule has 0 unspecified atom stereocenters. The highest BCUT2D eigenvalue weighted by Gasteiger charge is 2.42. The van der Waals surface area contributed by atoms with Gasteiger partial charge in [0.15, 0.2) is 5.69 Å². The van der Waals surface area contributed by atoms with Gasteiger partial charge in [0.25, 0.3) is 0 Å². The molecule has 6 heteroatoms. The molecule has 1 heterocycles. The molecule has 0 saturated heterocycles. The standard InChI is InChI=1S/C34H41Br2NO3/c1-3-4-5-6-7-10-20-34(29-23-25(35)16-18-27(29)28-19-17-26(36)24-30(28)34)21-11-8-9-12-22-40-32-15-13-14-31(37-32)33(38)39-2/h13-19,23-24H,3-12,20-22H2,1-2H3. The van der Waals surface area contributed by atoms with Gasteiger partial charge in [-0.3, -0.25) is 0 Å². The van der Waals surface area contributed by atoms with Gasteiger partial charge < -0.3 is 9.47 Å². The van der Waals surface area contributed by atoms with Gasteiger partial charge in [0.05, 0.1) is 13.7 Å². The van der Waals surface area contributed by atoms with Crippen molar-refractivity contribution >= 4 is 37.8 Å². The van der Waals surface area contributed by atoms with Crippen molar-refractivity contribution in [1.82, 2.24) is 4.98 Å². The van der Waals surface area contributed by atoms with Gasteiger partial charge in [0.1, 0.15) is 0 Å². The lowest BCUT2D eigenvalue weighted by molar-refractivity contribution is 0.0592. The largest absolute Gasteiger partial charge is 0.478 e. The first kappa shape index (κ1) is 30.8. The Balaban J connectivity index is 1.39. The van der Waals surface area contributed by atoms with Crippen molar-refractivity contribution in [2.45, 2.75) is 89.4 Å². The van der Waals surface area contributed by atoms with Crippen LogP contribution in [0.4, 0.5) is 0 Å². The van der Waals surface area contributed by atoms with E-state index in [9.17, 15) is 4.79 Å². The van der Waals surface area contributed by atoms with Gasteiger partial charge in [-0.1, -0.05) is 115 Å². The molecule has 0 radical (unpaired) electrons. The fraction of sp³-hybridized carbons (Fsp3) is 0.471. The van der Waals surface area contributed by atoms with E-state index in [1.54, 1.807) is 18.2 Å². The normalized spacial score (nSPS) is 13.1. The summed E-state index contributed by atoms with van der Waals surface area (Å²) in [7, 11) is 1.36. The molecular weight excluding hydrogens is 630 g/mol. The van der Waals surface area contributed by atoms with Crippen molar-refractivity contribution in [3.8, 4) is 17.0 Å². The molecule has 214 valence electrons. The molecule has 1 aliphatic rings. The molecule has 40 heavy (non-hydrogen) atoms. The number of ether oxygens (including phenoxy) is 2. The van der Waals surface area contributed by atoms with E-state index in [0.29, 0.717) is 12.5 Å². The molecule has 4 rings (SSSR count). The molecule has 3 aromatic rings. The van der Waals surface area contributed by atoms with Gasteiger partial charge in [-0.15, -0.1) is 0 Å². The number of fused-ring (bicyclic) bond motifs is 3. The zero-order valence-electron chi connectivity index (χ0n) is 23.8. The maximum absolute atomic E-state index is 11.7. The maximum atomic E-state index is 11.7. The lowest BCUT2D eigenvalue weighted by Crippen LogP contribution is -2.25. The molecule has 0 bridgehead atoms. The van der Waals surface area contributed by atoms with Crippen molar-refractivity contribution in [2.24, 2.45) is 0 Å². The fourth-order valence-electron chi connectivity index (χ4n) is 6.08. The third-order valence-electron chi connectivity index (χ3n) is 8.11. The number of aromatic nitrogens is 1. The van der Waals surface area contributed by atoms with E-state index in [1.165, 1.54) is 80.7 Å². The molecule has 0 fully saturated rings. The van der Waals surface area contributed by atoms with Gasteiger partial charge in [-0.05, 0) is 71.8 Å². The summed E-state index contributed by atoms with van der Waals surface area (Å²) < 4.78 is 12.9. The minimum Gasteiger partial charge on any atom is -0.478 e. The topological polar surface area (TPSA) is 48.4 Å². The van der Waals surface area contributed by atoms with E-state index in [2.05, 4.69) is 80.2 Å². The number of carbonyl (C=O) groups excluding carboxylic acids is 1. The molecule has 0 aliphatic heterocycles. The lowest BCUT2D eigenvalue weighted by atomic mass is 9.70. The monoisotopic (exact) mass is 669 g/mol. The highest BCUT2D eigenvalue weighted by molar-refractivity contribution is 9.10. The summed E-state index contributed by atoms with van der Waals surface area (Å²) in [4.78, 5) is 16.0. The Kier molecular flexibility index (Phi) is 11.7. The third-order valence-corrected chi connectivity index (χ3v) is 9.09. The summed E-state index contributed by atoms with van der Waals surface area (Å²) in [6.45, 7) is 2.87. The molecule has 0 spiro atoms. The number of carbonyl (C=O) groups is 1. The molecule has 1 aliphatic carbocycles. The average molecular weight is 672 g/mol. The quantitative estimate of drug-likeness (QED) is 0.112. The van der Waals surface area contributed by atoms with E-state index in [0.717, 1.165) is 34.6 Å². The SMILES string of the molecule is CCCCCCCCC1(CCCCCCOc2cccc(C(=O)OC)n2)c2cc(Br)ccc2-c2ccc(Br)cc21. The van der Waals surface area contributed by atoms with Crippen LogP contribution in [0.25, 0.3) is 11.1 Å². The molecule has 0 atom stereocenters. The Morgan fingerprint density at radius 3 is 1.95 bits per heavy atom. The van der Waals surface area contributed by atoms with Crippen LogP contribution in [0.15, 0.2) is 63.5 Å². The maximum Gasteiger partial charge on any atom is 0.356 e. The number of hydrogen-bond acceptors (Lipinski definition) is 4. The first-order valence-corrected chi connectivity index (χ1v) is 16.4. The number of nitrogens with zero attached hydrogens (tertiary/aromatic N) is 1. The molecule has 0 saturated carbocycles. The highest BCUT2D eigenvalue weighted by atomic mass is 79.9. The summed E-state index contributed by atoms with van der Waals surface area (Å²) in [5, 5.41) is 0. The van der Waals surface area contributed by atoms with Crippen molar-refractivity contribution in [3.63, 3.8) is 0 Å². The van der Waals surface area contributed by atoms with Crippen LogP contribution >= 0.6 is 31.9 Å². The number of methoxy groups -OCH3 is 1. The first-order valence-electron chi connectivity index (χ1n) is 14.8. The minimum absolute atomic E-state index is 0.0533. The highest BCUT2D eigenvalue weighted by Crippen LogP contribution is 2.55. The van der Waals surface area contributed by atoms with Gasteiger partial charge in [-0.2, -0.15) is 0 Å². The molecule has 1 aromatic heterocycles. The summed E-state index contributed by atoms with van der Waals surface area (Å²) in [6.07, 6.45) is 14.6. The van der Waals surface area contributed by atoms with Crippen LogP contribution in [0, 0.1) is 0 Å². The first-order chi connectivity index (χ1) is 19.5. The second-order valence-electron chi connectivity index (χ2n) is 10.8. The number of rotatable bonds is 16. The molecule has 0 N–H and O–H groups in total. The number of pyridine rings is 1. The smallest absolute Gasteiger partial charge is 0.356 e. The van der Waals surface area contributed by atoms with Crippen molar-refractivity contribution in [1.29, 1.82) is 0 Å². The Bertz CT molecular complexity index is 1220. The summed E-state index contributed by atoms with van der Waals surface area (Å²) in [5.41, 5.74) is 6.09. The van der Waals surface area contributed by atoms with Crippen LogP contribution in [0.1, 0.15) is 106 Å². The Labute approximate surface area is 256 Å². The number of benzene rings is 2. The minimum atomic E-state index is -0.450. The van der Waals surface area contributed by atoms with E-state index in [4.69, 9.17) is 9.47 Å². The molecule has 0 amide bonds. The predicted octanol–water partition coefficient (Wildman–Crippen LogP) is 10.4. The average Bonchev–Trinajstić information content (AvgIpc) is 3.22. The van der Waals surface area contributed by atoms with E-state index in [1.807, 2.05) is 0 Å². The molecule has 4 nitrogen and oxygen atoms in total. The number of esters is 1. The molecular formula is C34H41Br2NO3. The zero-order valence-corrected chi connectivity index (χ0v) is 27.0. The predicted molar refractivity (Wildman–Crippen MR) is 170 cm³/mol. The van der Waals surface area contributed by atoms with Crippen LogP contribution < -0.4 is 4.74 Å². The van der Waals surface area contributed by atoms with Crippen LogP contribution in [-0.4, -0.2) is 24.7 Å². The summed E-state index contributed by atoms with van der Waals surface area (Å²) >= 11 is 7.56. The van der Waals surface area contributed by atoms with Gasteiger partial charge in [-0.25, -0.2) is 9.78 Å². The number of halogens is 2. The van der Waals surface area contributed by atoms with E-state index < -0.39 is 5.97 Å². The second-order valence-corrected chi connectivity index (χ2v) is 12.7. The number of hydrogen-bond donors (Lipinski definition) is 0. The lowest BCUT2D eigenvalue weighted by Gasteiger charge is -2.33. The van der Waals surface area contributed by atoms with E-state index >= 15 is 0 Å². The number of unbranched alkanes of at least 4 members (excludes halogenated alkanes) is 8. The Morgan fingerprint density at radius 2 is 1.35 bits per heavy atom. The van der Waals surface area contributed by atoms with Crippen LogP contribution in [0.2, 0.25) is 0 Å². The van der Waals surface area contributed by atoms with Gasteiger partial charge in [0, 0.05) is 20.4 Å². The summed E-state index contributed by atoms with van der Waals surface area (Å²) in [6, 6.07) is 18.9. The van der Waals surface area contributed by atoms with Gasteiger partial charge in [0.2, 0.25) is 5.88 Å². The zero-order chi connectivity index (χ0) is 28.4. The van der Waals surface area contributed by atoms with Crippen molar-refractivity contribution in [2.75, 3.05) is 13.7 Å². The summed E-state index contributed by atoms with van der Waals surface area (Å²) in [5.74, 6) is 0.0190. The molecule has 2 aromatic carbocycles. The Morgan fingerprint density at radius 1 is 0.775 bits per heavy atom. The van der Waals surface area contributed by atoms with E-state index in [-0.39, 0.29) is 11.1 Å². The van der Waals surface area contributed by atoms with Crippen molar-refractivity contribution in [3.05, 3.63) is 80.4 Å². The van der Waals surface area contributed by atoms with Crippen LogP contribution in [0.5, 0.6) is 5.88 Å². The van der Waals surface area contributed by atoms with Crippen molar-refractivity contribution < 1.29 is 14.3 Å². The van der Waals surface area contributed by atoms with Gasteiger partial charge >= 0.3 is 5.97 Å². The van der Waals surface area contributed by atoms with Crippen LogP contribution in [-0.2, 0) is 10.2 Å². The van der Waals surface area contributed by atoms with Crippen LogP contribution in [0.3, 0.4) is 0 Å².